The molecule has 2 aromatic heterocycles. The summed E-state index contributed by atoms with van der Waals surface area (Å²) in [6, 6.07) is 2.10. The summed E-state index contributed by atoms with van der Waals surface area (Å²) < 4.78 is 38.0. The van der Waals surface area contributed by atoms with Crippen molar-refractivity contribution in [3.8, 4) is 5.88 Å². The minimum absolute atomic E-state index is 0.172. The first-order valence-electron chi connectivity index (χ1n) is 6.21. The molecule has 0 aliphatic heterocycles. The third-order valence-corrected chi connectivity index (χ3v) is 3.98. The zero-order valence-electron chi connectivity index (χ0n) is 11.4. The fourth-order valence-electron chi connectivity index (χ4n) is 1.73. The lowest BCUT2D eigenvalue weighted by molar-refractivity contribution is -0.141. The summed E-state index contributed by atoms with van der Waals surface area (Å²) in [5.41, 5.74) is 0.295. The number of nitrogens with zero attached hydrogens (tertiary/aromatic N) is 3. The molecule has 0 spiro atoms. The minimum atomic E-state index is -4.64. The van der Waals surface area contributed by atoms with Gasteiger partial charge in [-0.15, -0.1) is 0 Å². The van der Waals surface area contributed by atoms with Crippen LogP contribution in [-0.4, -0.2) is 20.1 Å². The number of aromatic hydroxyl groups is 1. The van der Waals surface area contributed by atoms with Gasteiger partial charge in [0.1, 0.15) is 0 Å². The number of pyridine rings is 1. The van der Waals surface area contributed by atoms with Crippen molar-refractivity contribution in [1.82, 2.24) is 15.0 Å². The first-order chi connectivity index (χ1) is 10.3. The summed E-state index contributed by atoms with van der Waals surface area (Å²) in [5, 5.41) is 9.62. The lowest BCUT2D eigenvalue weighted by atomic mass is 10.2. The largest absolute Gasteiger partial charge is 0.493 e. The maximum Gasteiger partial charge on any atom is 0.433 e. The molecule has 0 amide bonds. The maximum absolute atomic E-state index is 12.7. The standard InChI is InChI=1S/C13H11ClF3N3OS/c1-2-9-7(8(14)3-4-18-9)6-22-12-19-10(13(15,16)17)5-11(21)20-12/h3-5H,2,6H2,1H3,(H,19,20,21). The van der Waals surface area contributed by atoms with Crippen LogP contribution in [-0.2, 0) is 18.3 Å². The lowest BCUT2D eigenvalue weighted by Crippen LogP contribution is -2.09. The molecule has 0 aliphatic carbocycles. The average molecular weight is 350 g/mol. The van der Waals surface area contributed by atoms with E-state index in [4.69, 9.17) is 11.6 Å². The quantitative estimate of drug-likeness (QED) is 0.665. The van der Waals surface area contributed by atoms with E-state index in [1.54, 1.807) is 12.3 Å². The van der Waals surface area contributed by atoms with Crippen LogP contribution in [0.25, 0.3) is 0 Å². The van der Waals surface area contributed by atoms with Crippen LogP contribution < -0.4 is 0 Å². The van der Waals surface area contributed by atoms with E-state index in [-0.39, 0.29) is 10.9 Å². The van der Waals surface area contributed by atoms with Crippen LogP contribution >= 0.6 is 23.4 Å². The Balaban J connectivity index is 2.24. The van der Waals surface area contributed by atoms with Crippen molar-refractivity contribution in [3.63, 3.8) is 0 Å². The van der Waals surface area contributed by atoms with E-state index < -0.39 is 17.8 Å². The Bertz CT molecular complexity index is 682. The Hall–Kier alpha value is -1.54. The lowest BCUT2D eigenvalue weighted by Gasteiger charge is -2.10. The zero-order chi connectivity index (χ0) is 16.3. The van der Waals surface area contributed by atoms with Crippen molar-refractivity contribution in [2.24, 2.45) is 0 Å². The molecule has 118 valence electrons. The summed E-state index contributed by atoms with van der Waals surface area (Å²) in [6.45, 7) is 1.90. The van der Waals surface area contributed by atoms with Crippen molar-refractivity contribution in [2.45, 2.75) is 30.4 Å². The molecule has 0 aromatic carbocycles. The van der Waals surface area contributed by atoms with E-state index in [2.05, 4.69) is 15.0 Å². The molecule has 1 N–H and O–H groups in total. The Morgan fingerprint density at radius 3 is 2.68 bits per heavy atom. The van der Waals surface area contributed by atoms with Gasteiger partial charge in [0.2, 0.25) is 5.88 Å². The number of halogens is 4. The van der Waals surface area contributed by atoms with Crippen LogP contribution in [0.5, 0.6) is 5.88 Å². The van der Waals surface area contributed by atoms with Gasteiger partial charge in [0.25, 0.3) is 0 Å². The number of hydrogen-bond donors (Lipinski definition) is 1. The van der Waals surface area contributed by atoms with Crippen molar-refractivity contribution in [2.75, 3.05) is 0 Å². The van der Waals surface area contributed by atoms with E-state index in [1.165, 1.54) is 0 Å². The van der Waals surface area contributed by atoms with Crippen LogP contribution in [0.3, 0.4) is 0 Å². The van der Waals surface area contributed by atoms with Gasteiger partial charge in [-0.05, 0) is 12.5 Å². The Morgan fingerprint density at radius 2 is 2.05 bits per heavy atom. The maximum atomic E-state index is 12.7. The molecular weight excluding hydrogens is 339 g/mol. The predicted octanol–water partition coefficient (Wildman–Crippen LogP) is 4.10. The van der Waals surface area contributed by atoms with Crippen LogP contribution in [0.4, 0.5) is 13.2 Å². The van der Waals surface area contributed by atoms with E-state index >= 15 is 0 Å². The van der Waals surface area contributed by atoms with Crippen molar-refractivity contribution >= 4 is 23.4 Å². The summed E-state index contributed by atoms with van der Waals surface area (Å²) in [7, 11) is 0. The molecule has 0 atom stereocenters. The van der Waals surface area contributed by atoms with Crippen molar-refractivity contribution < 1.29 is 18.3 Å². The number of aryl methyl sites for hydroxylation is 1. The molecule has 4 nitrogen and oxygen atoms in total. The average Bonchev–Trinajstić information content (AvgIpc) is 2.44. The van der Waals surface area contributed by atoms with E-state index in [1.807, 2.05) is 6.92 Å². The van der Waals surface area contributed by atoms with E-state index in [0.717, 1.165) is 23.0 Å². The third-order valence-electron chi connectivity index (χ3n) is 2.75. The van der Waals surface area contributed by atoms with Gasteiger partial charge in [-0.3, -0.25) is 4.98 Å². The predicted molar refractivity (Wildman–Crippen MR) is 76.9 cm³/mol. The first kappa shape index (κ1) is 16.8. The van der Waals surface area contributed by atoms with Crippen LogP contribution in [0.1, 0.15) is 23.9 Å². The van der Waals surface area contributed by atoms with Gasteiger partial charge in [0.05, 0.1) is 0 Å². The smallest absolute Gasteiger partial charge is 0.433 e. The Morgan fingerprint density at radius 1 is 1.32 bits per heavy atom. The molecule has 9 heteroatoms. The highest BCUT2D eigenvalue weighted by atomic mass is 35.5. The minimum Gasteiger partial charge on any atom is -0.493 e. The van der Waals surface area contributed by atoms with Gasteiger partial charge in [-0.1, -0.05) is 30.3 Å². The summed E-state index contributed by atoms with van der Waals surface area (Å²) in [4.78, 5) is 11.2. The van der Waals surface area contributed by atoms with Crippen LogP contribution in [0.15, 0.2) is 23.5 Å². The molecule has 0 saturated carbocycles. The fourth-order valence-corrected chi connectivity index (χ4v) is 2.95. The third kappa shape index (κ3) is 4.01. The molecule has 2 rings (SSSR count). The number of alkyl halides is 3. The number of hydrogen-bond acceptors (Lipinski definition) is 5. The van der Waals surface area contributed by atoms with Gasteiger partial charge >= 0.3 is 6.18 Å². The molecular formula is C13H11ClF3N3OS. The molecule has 22 heavy (non-hydrogen) atoms. The Kier molecular flexibility index (Phi) is 5.12. The molecule has 0 bridgehead atoms. The molecule has 0 saturated heterocycles. The number of rotatable bonds is 4. The Labute approximate surface area is 133 Å². The van der Waals surface area contributed by atoms with Crippen molar-refractivity contribution in [3.05, 3.63) is 40.3 Å². The highest BCUT2D eigenvalue weighted by Gasteiger charge is 2.33. The first-order valence-corrected chi connectivity index (χ1v) is 7.58. The summed E-state index contributed by atoms with van der Waals surface area (Å²) in [5.74, 6) is -0.464. The second kappa shape index (κ2) is 6.70. The number of aromatic nitrogens is 3. The molecule has 0 aliphatic rings. The molecule has 0 fully saturated rings. The highest BCUT2D eigenvalue weighted by Crippen LogP contribution is 2.32. The summed E-state index contributed by atoms with van der Waals surface area (Å²) >= 11 is 7.04. The molecule has 2 heterocycles. The fraction of sp³-hybridized carbons (Fsp3) is 0.308. The van der Waals surface area contributed by atoms with Gasteiger partial charge in [-0.2, -0.15) is 18.2 Å². The van der Waals surface area contributed by atoms with Gasteiger partial charge < -0.3 is 5.11 Å². The zero-order valence-corrected chi connectivity index (χ0v) is 12.9. The second-order valence-electron chi connectivity index (χ2n) is 4.25. The van der Waals surface area contributed by atoms with E-state index in [9.17, 15) is 18.3 Å². The van der Waals surface area contributed by atoms with Gasteiger partial charge in [-0.25, -0.2) is 4.98 Å². The number of thioether (sulfide) groups is 1. The molecule has 0 radical (unpaired) electrons. The molecule has 0 unspecified atom stereocenters. The van der Waals surface area contributed by atoms with Crippen LogP contribution in [0.2, 0.25) is 5.02 Å². The summed E-state index contributed by atoms with van der Waals surface area (Å²) in [6.07, 6.45) is -2.43. The monoisotopic (exact) mass is 349 g/mol. The topological polar surface area (TPSA) is 58.9 Å². The van der Waals surface area contributed by atoms with E-state index in [0.29, 0.717) is 17.5 Å². The normalized spacial score (nSPS) is 11.7. The highest BCUT2D eigenvalue weighted by molar-refractivity contribution is 7.98. The van der Waals surface area contributed by atoms with Gasteiger partial charge in [0.15, 0.2) is 10.9 Å². The second-order valence-corrected chi connectivity index (χ2v) is 5.60. The SMILES string of the molecule is CCc1nccc(Cl)c1CSc1nc(O)cc(C(F)(F)F)n1. The van der Waals surface area contributed by atoms with Crippen LogP contribution in [0, 0.1) is 0 Å². The van der Waals surface area contributed by atoms with Crippen molar-refractivity contribution in [1.29, 1.82) is 0 Å². The molecule has 2 aromatic rings. The van der Waals surface area contributed by atoms with Gasteiger partial charge in [0, 0.05) is 34.3 Å².